The van der Waals surface area contributed by atoms with E-state index in [1.807, 2.05) is 6.07 Å². The van der Waals surface area contributed by atoms with Crippen LogP contribution in [0.1, 0.15) is 26.3 Å². The molecular weight excluding hydrogens is 295 g/mol. The van der Waals surface area contributed by atoms with E-state index in [1.54, 1.807) is 12.1 Å². The molecule has 4 heteroatoms. The fraction of sp³-hybridized carbons (Fsp3) is 0.571. The monoisotopic (exact) mass is 316 g/mol. The fourth-order valence-corrected chi connectivity index (χ4v) is 2.12. The van der Waals surface area contributed by atoms with Crippen LogP contribution in [0.25, 0.3) is 0 Å². The lowest BCUT2D eigenvalue weighted by Gasteiger charge is -2.23. The Morgan fingerprint density at radius 2 is 2.00 bits per heavy atom. The van der Waals surface area contributed by atoms with Gasteiger partial charge in [0.1, 0.15) is 5.82 Å². The zero-order valence-corrected chi connectivity index (χ0v) is 12.9. The highest BCUT2D eigenvalue weighted by Crippen LogP contribution is 2.16. The molecule has 0 heterocycles. The first-order valence-corrected chi connectivity index (χ1v) is 7.25. The fourth-order valence-electron chi connectivity index (χ4n) is 1.88. The third-order valence-electron chi connectivity index (χ3n) is 3.07. The molecule has 1 N–H and O–H groups in total. The highest BCUT2D eigenvalue weighted by molar-refractivity contribution is 9.10. The largest absolute Gasteiger partial charge is 0.309 e. The van der Waals surface area contributed by atoms with Crippen LogP contribution in [0.4, 0.5) is 4.39 Å². The summed E-state index contributed by atoms with van der Waals surface area (Å²) in [6.45, 7) is 10.3. The number of hydrogen-bond acceptors (Lipinski definition) is 2. The Morgan fingerprint density at radius 1 is 1.33 bits per heavy atom. The summed E-state index contributed by atoms with van der Waals surface area (Å²) in [5.74, 6) is -0.203. The van der Waals surface area contributed by atoms with Gasteiger partial charge in [-0.1, -0.05) is 19.9 Å². The maximum absolute atomic E-state index is 13.3. The van der Waals surface area contributed by atoms with Crippen LogP contribution < -0.4 is 5.32 Å². The van der Waals surface area contributed by atoms with Gasteiger partial charge in [-0.15, -0.1) is 0 Å². The van der Waals surface area contributed by atoms with E-state index in [0.29, 0.717) is 17.1 Å². The van der Waals surface area contributed by atoms with Crippen molar-refractivity contribution in [3.8, 4) is 0 Å². The molecule has 0 aromatic heterocycles. The van der Waals surface area contributed by atoms with Crippen LogP contribution in [-0.4, -0.2) is 30.6 Å². The number of hydrogen-bond donors (Lipinski definition) is 1. The average molecular weight is 317 g/mol. The molecule has 18 heavy (non-hydrogen) atoms. The molecule has 1 unspecified atom stereocenters. The first-order chi connectivity index (χ1) is 8.56. The Kier molecular flexibility index (Phi) is 6.82. The molecule has 102 valence electrons. The predicted molar refractivity (Wildman–Crippen MR) is 78.2 cm³/mol. The van der Waals surface area contributed by atoms with Crippen LogP contribution in [0.3, 0.4) is 0 Å². The zero-order chi connectivity index (χ0) is 13.5. The molecule has 0 saturated carbocycles. The zero-order valence-electron chi connectivity index (χ0n) is 11.3. The minimum atomic E-state index is -0.203. The van der Waals surface area contributed by atoms with Gasteiger partial charge in [0.05, 0.1) is 4.47 Å². The van der Waals surface area contributed by atoms with E-state index in [4.69, 9.17) is 0 Å². The highest BCUT2D eigenvalue weighted by Gasteiger charge is 2.07. The molecule has 0 amide bonds. The van der Waals surface area contributed by atoms with E-state index in [1.165, 1.54) is 0 Å². The van der Waals surface area contributed by atoms with Gasteiger partial charge in [-0.3, -0.25) is 0 Å². The van der Waals surface area contributed by atoms with Gasteiger partial charge in [-0.25, -0.2) is 4.39 Å². The van der Waals surface area contributed by atoms with Gasteiger partial charge < -0.3 is 10.2 Å². The molecule has 1 aromatic carbocycles. The Labute approximate surface area is 118 Å². The van der Waals surface area contributed by atoms with Crippen molar-refractivity contribution in [2.24, 2.45) is 0 Å². The SMILES string of the molecule is CCN(CC)CC(C)NCc1ccc(Br)c(F)c1. The molecule has 1 aromatic rings. The van der Waals surface area contributed by atoms with Gasteiger partial charge in [0, 0.05) is 19.1 Å². The molecule has 0 fully saturated rings. The topological polar surface area (TPSA) is 15.3 Å². The smallest absolute Gasteiger partial charge is 0.137 e. The van der Waals surface area contributed by atoms with Gasteiger partial charge >= 0.3 is 0 Å². The molecule has 0 radical (unpaired) electrons. The van der Waals surface area contributed by atoms with Gasteiger partial charge in [0.15, 0.2) is 0 Å². The van der Waals surface area contributed by atoms with Crippen LogP contribution in [0.5, 0.6) is 0 Å². The summed E-state index contributed by atoms with van der Waals surface area (Å²) in [7, 11) is 0. The molecule has 0 spiro atoms. The normalized spacial score (nSPS) is 13.0. The van der Waals surface area contributed by atoms with Crippen molar-refractivity contribution in [1.29, 1.82) is 0 Å². The van der Waals surface area contributed by atoms with Crippen LogP contribution in [0.15, 0.2) is 22.7 Å². The van der Waals surface area contributed by atoms with E-state index in [0.717, 1.165) is 25.2 Å². The number of likely N-dealkylation sites (N-methyl/N-ethyl adjacent to an activating group) is 1. The summed E-state index contributed by atoms with van der Waals surface area (Å²) in [6.07, 6.45) is 0. The second-order valence-corrected chi connectivity index (χ2v) is 5.37. The lowest BCUT2D eigenvalue weighted by Crippen LogP contribution is -2.38. The third-order valence-corrected chi connectivity index (χ3v) is 3.71. The first kappa shape index (κ1) is 15.6. The number of rotatable bonds is 7. The van der Waals surface area contributed by atoms with Crippen LogP contribution >= 0.6 is 15.9 Å². The number of nitrogens with zero attached hydrogens (tertiary/aromatic N) is 1. The Morgan fingerprint density at radius 3 is 2.56 bits per heavy atom. The van der Waals surface area contributed by atoms with E-state index >= 15 is 0 Å². The summed E-state index contributed by atoms with van der Waals surface area (Å²) in [5.41, 5.74) is 0.974. The van der Waals surface area contributed by atoms with Gasteiger partial charge in [0.25, 0.3) is 0 Å². The van der Waals surface area contributed by atoms with Crippen molar-refractivity contribution < 1.29 is 4.39 Å². The predicted octanol–water partition coefficient (Wildman–Crippen LogP) is 3.41. The van der Waals surface area contributed by atoms with Crippen molar-refractivity contribution in [2.45, 2.75) is 33.4 Å². The number of halogens is 2. The van der Waals surface area contributed by atoms with E-state index in [-0.39, 0.29) is 5.82 Å². The Hall–Kier alpha value is -0.450. The van der Waals surface area contributed by atoms with Crippen molar-refractivity contribution >= 4 is 15.9 Å². The van der Waals surface area contributed by atoms with E-state index in [2.05, 4.69) is 46.9 Å². The first-order valence-electron chi connectivity index (χ1n) is 6.46. The average Bonchev–Trinajstić information content (AvgIpc) is 2.37. The Balaban J connectivity index is 2.42. The maximum atomic E-state index is 13.3. The second kappa shape index (κ2) is 7.87. The molecule has 1 rings (SSSR count). The number of benzene rings is 1. The summed E-state index contributed by atoms with van der Waals surface area (Å²) < 4.78 is 13.9. The maximum Gasteiger partial charge on any atom is 0.137 e. The molecule has 0 saturated heterocycles. The molecule has 0 aliphatic carbocycles. The standard InChI is InChI=1S/C14H22BrFN2/c1-4-18(5-2)10-11(3)17-9-12-6-7-13(15)14(16)8-12/h6-8,11,17H,4-5,9-10H2,1-3H3. The molecule has 1 atom stereocenters. The Bertz CT molecular complexity index is 367. The van der Waals surface area contributed by atoms with Crippen LogP contribution in [0, 0.1) is 5.82 Å². The van der Waals surface area contributed by atoms with Crippen molar-refractivity contribution in [3.63, 3.8) is 0 Å². The molecular formula is C14H22BrFN2. The molecule has 2 nitrogen and oxygen atoms in total. The quantitative estimate of drug-likeness (QED) is 0.829. The van der Waals surface area contributed by atoms with Crippen molar-refractivity contribution in [2.75, 3.05) is 19.6 Å². The van der Waals surface area contributed by atoms with Crippen molar-refractivity contribution in [1.82, 2.24) is 10.2 Å². The van der Waals surface area contributed by atoms with E-state index in [9.17, 15) is 4.39 Å². The minimum Gasteiger partial charge on any atom is -0.309 e. The van der Waals surface area contributed by atoms with Gasteiger partial charge in [-0.2, -0.15) is 0 Å². The second-order valence-electron chi connectivity index (χ2n) is 4.52. The molecule has 0 aliphatic heterocycles. The lowest BCUT2D eigenvalue weighted by atomic mass is 10.2. The van der Waals surface area contributed by atoms with E-state index < -0.39 is 0 Å². The molecule has 0 aliphatic rings. The summed E-state index contributed by atoms with van der Waals surface area (Å²) in [6, 6.07) is 5.66. The molecule has 0 bridgehead atoms. The lowest BCUT2D eigenvalue weighted by molar-refractivity contribution is 0.270. The highest BCUT2D eigenvalue weighted by atomic mass is 79.9. The summed E-state index contributed by atoms with van der Waals surface area (Å²) in [4.78, 5) is 2.37. The third kappa shape index (κ3) is 5.04. The minimum absolute atomic E-state index is 0.203. The van der Waals surface area contributed by atoms with Crippen LogP contribution in [0.2, 0.25) is 0 Å². The number of nitrogens with one attached hydrogen (secondary N) is 1. The van der Waals surface area contributed by atoms with Gasteiger partial charge in [0.2, 0.25) is 0 Å². The summed E-state index contributed by atoms with van der Waals surface area (Å²) in [5, 5.41) is 3.42. The van der Waals surface area contributed by atoms with Gasteiger partial charge in [-0.05, 0) is 53.6 Å². The van der Waals surface area contributed by atoms with Crippen LogP contribution in [-0.2, 0) is 6.54 Å². The van der Waals surface area contributed by atoms with Crippen molar-refractivity contribution in [3.05, 3.63) is 34.1 Å². The summed E-state index contributed by atoms with van der Waals surface area (Å²) >= 11 is 3.16.